The minimum Gasteiger partial charge on any atom is -0.504 e. The van der Waals surface area contributed by atoms with Crippen LogP contribution >= 0.6 is 11.3 Å². The Morgan fingerprint density at radius 2 is 1.93 bits per heavy atom. The van der Waals surface area contributed by atoms with Crippen LogP contribution in [0, 0.1) is 0 Å². The number of nitrogens with zero attached hydrogens (tertiary/aromatic N) is 2. The first kappa shape index (κ1) is 19.5. The van der Waals surface area contributed by atoms with Gasteiger partial charge in [-0.15, -0.1) is 11.3 Å². The van der Waals surface area contributed by atoms with Gasteiger partial charge in [-0.2, -0.15) is 5.10 Å². The van der Waals surface area contributed by atoms with Gasteiger partial charge in [0.05, 0.1) is 32.7 Å². The molecule has 3 aromatic rings. The summed E-state index contributed by atoms with van der Waals surface area (Å²) in [5.41, 5.74) is 5.45. The smallest absolute Gasteiger partial charge is 0.203 e. The van der Waals surface area contributed by atoms with Gasteiger partial charge >= 0.3 is 0 Å². The van der Waals surface area contributed by atoms with Crippen LogP contribution in [0.15, 0.2) is 46.9 Å². The molecule has 0 aliphatic heterocycles. The number of anilines is 1. The van der Waals surface area contributed by atoms with E-state index >= 15 is 0 Å². The van der Waals surface area contributed by atoms with Crippen LogP contribution < -0.4 is 19.6 Å². The van der Waals surface area contributed by atoms with E-state index in [1.165, 1.54) is 11.3 Å². The van der Waals surface area contributed by atoms with Crippen molar-refractivity contribution in [1.29, 1.82) is 0 Å². The van der Waals surface area contributed by atoms with Crippen LogP contribution in [0.5, 0.6) is 23.0 Å². The van der Waals surface area contributed by atoms with Gasteiger partial charge in [-0.1, -0.05) is 0 Å². The standard InChI is InChI=1S/C20H21N3O4S/c1-4-27-18-9-13(5-7-16(18)24)11-21-23-20-22-15(12-28-20)14-6-8-17(25-2)19(10-14)26-3/h5-12,24H,4H2,1-3H3,(H,22,23)/b21-11-. The molecule has 146 valence electrons. The summed E-state index contributed by atoms with van der Waals surface area (Å²) in [4.78, 5) is 4.54. The van der Waals surface area contributed by atoms with Gasteiger partial charge in [-0.25, -0.2) is 4.98 Å². The minimum atomic E-state index is 0.103. The fourth-order valence-corrected chi connectivity index (χ4v) is 3.17. The van der Waals surface area contributed by atoms with Gasteiger partial charge in [0.2, 0.25) is 5.13 Å². The molecule has 0 aliphatic carbocycles. The van der Waals surface area contributed by atoms with Crippen molar-refractivity contribution in [2.75, 3.05) is 26.3 Å². The molecule has 0 radical (unpaired) electrons. The first-order valence-corrected chi connectivity index (χ1v) is 9.45. The largest absolute Gasteiger partial charge is 0.504 e. The molecule has 3 rings (SSSR count). The third kappa shape index (κ3) is 4.52. The van der Waals surface area contributed by atoms with E-state index in [1.807, 2.05) is 30.5 Å². The van der Waals surface area contributed by atoms with Gasteiger partial charge in [0, 0.05) is 10.9 Å². The second-order valence-corrected chi connectivity index (χ2v) is 6.50. The Hall–Kier alpha value is -3.26. The van der Waals surface area contributed by atoms with Gasteiger partial charge in [0.25, 0.3) is 0 Å². The van der Waals surface area contributed by atoms with E-state index in [-0.39, 0.29) is 5.75 Å². The second-order valence-electron chi connectivity index (χ2n) is 5.64. The van der Waals surface area contributed by atoms with E-state index in [2.05, 4.69) is 15.5 Å². The molecule has 1 heterocycles. The first-order chi connectivity index (χ1) is 13.6. The topological polar surface area (TPSA) is 85.2 Å². The maximum Gasteiger partial charge on any atom is 0.203 e. The Morgan fingerprint density at radius 3 is 2.68 bits per heavy atom. The highest BCUT2D eigenvalue weighted by Crippen LogP contribution is 2.33. The van der Waals surface area contributed by atoms with Crippen LogP contribution in [0.1, 0.15) is 12.5 Å². The van der Waals surface area contributed by atoms with E-state index in [0.29, 0.717) is 29.0 Å². The van der Waals surface area contributed by atoms with Crippen molar-refractivity contribution in [1.82, 2.24) is 4.98 Å². The molecule has 0 amide bonds. The molecule has 2 aromatic carbocycles. The third-order valence-electron chi connectivity index (χ3n) is 3.84. The summed E-state index contributed by atoms with van der Waals surface area (Å²) in [7, 11) is 3.20. The van der Waals surface area contributed by atoms with Crippen LogP contribution in [-0.2, 0) is 0 Å². The summed E-state index contributed by atoms with van der Waals surface area (Å²) in [5.74, 6) is 1.85. The monoisotopic (exact) mass is 399 g/mol. The lowest BCUT2D eigenvalue weighted by molar-refractivity contribution is 0.318. The molecule has 8 heteroatoms. The van der Waals surface area contributed by atoms with Gasteiger partial charge in [0.15, 0.2) is 23.0 Å². The van der Waals surface area contributed by atoms with Crippen molar-refractivity contribution in [3.05, 3.63) is 47.3 Å². The second kappa shape index (κ2) is 9.09. The third-order valence-corrected chi connectivity index (χ3v) is 4.59. The highest BCUT2D eigenvalue weighted by Gasteiger charge is 2.09. The normalized spacial score (nSPS) is 10.8. The van der Waals surface area contributed by atoms with Crippen molar-refractivity contribution in [3.8, 4) is 34.3 Å². The zero-order valence-corrected chi connectivity index (χ0v) is 16.6. The lowest BCUT2D eigenvalue weighted by Gasteiger charge is -2.08. The quantitative estimate of drug-likeness (QED) is 0.432. The lowest BCUT2D eigenvalue weighted by Crippen LogP contribution is -1.94. The zero-order chi connectivity index (χ0) is 19.9. The van der Waals surface area contributed by atoms with Gasteiger partial charge in [-0.05, 0) is 48.9 Å². The number of hydrazone groups is 1. The van der Waals surface area contributed by atoms with Crippen molar-refractivity contribution in [2.45, 2.75) is 6.92 Å². The number of phenols is 1. The van der Waals surface area contributed by atoms with E-state index in [9.17, 15) is 5.11 Å². The lowest BCUT2D eigenvalue weighted by atomic mass is 10.1. The fourth-order valence-electron chi connectivity index (χ4n) is 2.50. The number of aromatic hydroxyl groups is 1. The molecule has 0 atom stereocenters. The van der Waals surface area contributed by atoms with Crippen molar-refractivity contribution >= 4 is 22.7 Å². The average Bonchev–Trinajstić information content (AvgIpc) is 3.19. The molecule has 0 saturated carbocycles. The summed E-state index contributed by atoms with van der Waals surface area (Å²) in [6.45, 7) is 2.34. The van der Waals surface area contributed by atoms with Crippen molar-refractivity contribution in [3.63, 3.8) is 0 Å². The molecule has 2 N–H and O–H groups in total. The molecule has 0 unspecified atom stereocenters. The average molecular weight is 399 g/mol. The van der Waals surface area contributed by atoms with Gasteiger partial charge in [-0.3, -0.25) is 5.43 Å². The van der Waals surface area contributed by atoms with E-state index in [1.54, 1.807) is 38.6 Å². The minimum absolute atomic E-state index is 0.103. The SMILES string of the molecule is CCOc1cc(/C=N\Nc2nc(-c3ccc(OC)c(OC)c3)cs2)ccc1O. The number of benzene rings is 2. The highest BCUT2D eigenvalue weighted by atomic mass is 32.1. The van der Waals surface area contributed by atoms with Gasteiger partial charge < -0.3 is 19.3 Å². The number of hydrogen-bond acceptors (Lipinski definition) is 8. The molecule has 0 aliphatic rings. The number of rotatable bonds is 8. The van der Waals surface area contributed by atoms with Crippen molar-refractivity contribution in [2.24, 2.45) is 5.10 Å². The maximum atomic E-state index is 9.74. The number of phenolic OH excluding ortho intramolecular Hbond substituents is 1. The Kier molecular flexibility index (Phi) is 6.33. The summed E-state index contributed by atoms with van der Waals surface area (Å²) < 4.78 is 16.0. The van der Waals surface area contributed by atoms with E-state index in [0.717, 1.165) is 16.8 Å². The maximum absolute atomic E-state index is 9.74. The van der Waals surface area contributed by atoms with Gasteiger partial charge in [0.1, 0.15) is 0 Å². The first-order valence-electron chi connectivity index (χ1n) is 8.57. The Morgan fingerprint density at radius 1 is 1.11 bits per heavy atom. The Bertz CT molecular complexity index is 972. The fraction of sp³-hybridized carbons (Fsp3) is 0.200. The summed E-state index contributed by atoms with van der Waals surface area (Å²) in [6.07, 6.45) is 1.64. The molecular weight excluding hydrogens is 378 g/mol. The van der Waals surface area contributed by atoms with Crippen LogP contribution in [0.3, 0.4) is 0 Å². The zero-order valence-electron chi connectivity index (χ0n) is 15.8. The van der Waals surface area contributed by atoms with Crippen LogP contribution in [0.4, 0.5) is 5.13 Å². The molecule has 7 nitrogen and oxygen atoms in total. The number of methoxy groups -OCH3 is 2. The predicted molar refractivity (Wildman–Crippen MR) is 111 cm³/mol. The summed E-state index contributed by atoms with van der Waals surface area (Å²) >= 11 is 1.44. The highest BCUT2D eigenvalue weighted by molar-refractivity contribution is 7.14. The number of aromatic nitrogens is 1. The van der Waals surface area contributed by atoms with Crippen LogP contribution in [0.25, 0.3) is 11.3 Å². The predicted octanol–water partition coefficient (Wildman–Crippen LogP) is 4.38. The number of nitrogens with one attached hydrogen (secondary N) is 1. The van der Waals surface area contributed by atoms with E-state index < -0.39 is 0 Å². The van der Waals surface area contributed by atoms with Crippen LogP contribution in [0.2, 0.25) is 0 Å². The molecule has 0 saturated heterocycles. The summed E-state index contributed by atoms with van der Waals surface area (Å²) in [6, 6.07) is 10.7. The number of thiazole rings is 1. The molecule has 0 bridgehead atoms. The van der Waals surface area contributed by atoms with E-state index in [4.69, 9.17) is 14.2 Å². The molecule has 28 heavy (non-hydrogen) atoms. The summed E-state index contributed by atoms with van der Waals surface area (Å²) in [5, 5.41) is 16.5. The molecular formula is C20H21N3O4S. The Balaban J connectivity index is 1.70. The molecule has 0 fully saturated rings. The Labute approximate surface area is 167 Å². The molecule has 0 spiro atoms. The number of ether oxygens (including phenoxy) is 3. The van der Waals surface area contributed by atoms with Crippen molar-refractivity contribution < 1.29 is 19.3 Å². The number of hydrogen-bond donors (Lipinski definition) is 2. The molecule has 1 aromatic heterocycles. The van der Waals surface area contributed by atoms with Crippen LogP contribution in [-0.4, -0.2) is 37.1 Å².